The van der Waals surface area contributed by atoms with E-state index < -0.39 is 12.2 Å². The molecule has 0 spiro atoms. The molecule has 6 heteroatoms. The summed E-state index contributed by atoms with van der Waals surface area (Å²) in [5.41, 5.74) is 1.25. The number of aliphatic hydroxyl groups excluding tert-OH is 2. The summed E-state index contributed by atoms with van der Waals surface area (Å²) in [6.45, 7) is 3.82. The highest BCUT2D eigenvalue weighted by Gasteiger charge is 2.08. The minimum atomic E-state index is -0.573. The van der Waals surface area contributed by atoms with Crippen molar-refractivity contribution in [3.63, 3.8) is 0 Å². The van der Waals surface area contributed by atoms with Gasteiger partial charge in [-0.1, -0.05) is 32.4 Å². The van der Waals surface area contributed by atoms with Gasteiger partial charge in [0.2, 0.25) is 0 Å². The number of aromatic hydroxyl groups is 4. The molecule has 0 radical (unpaired) electrons. The van der Waals surface area contributed by atoms with E-state index in [1.165, 1.54) is 24.3 Å². The van der Waals surface area contributed by atoms with Crippen molar-refractivity contribution in [2.75, 3.05) is 0 Å². The van der Waals surface area contributed by atoms with E-state index in [2.05, 4.69) is 0 Å². The van der Waals surface area contributed by atoms with Crippen LogP contribution in [0.25, 0.3) is 0 Å². The van der Waals surface area contributed by atoms with Crippen LogP contribution < -0.4 is 0 Å². The summed E-state index contributed by atoms with van der Waals surface area (Å²) in [5, 5.41) is 55.1. The highest BCUT2D eigenvalue weighted by molar-refractivity contribution is 5.41. The first kappa shape index (κ1) is 20.6. The topological polar surface area (TPSA) is 121 Å². The van der Waals surface area contributed by atoms with E-state index in [1.54, 1.807) is 12.1 Å². The maximum Gasteiger partial charge on any atom is 0.157 e. The van der Waals surface area contributed by atoms with Crippen molar-refractivity contribution < 1.29 is 30.6 Å². The molecule has 0 fully saturated rings. The van der Waals surface area contributed by atoms with Crippen molar-refractivity contribution in [1.29, 1.82) is 0 Å². The molecule has 0 amide bonds. The molecular formula is C19H26O6. The van der Waals surface area contributed by atoms with Crippen molar-refractivity contribution in [3.05, 3.63) is 47.5 Å². The summed E-state index contributed by atoms with van der Waals surface area (Å²) in [6, 6.07) is 8.69. The van der Waals surface area contributed by atoms with Gasteiger partial charge in [0, 0.05) is 0 Å². The van der Waals surface area contributed by atoms with E-state index in [4.69, 9.17) is 20.4 Å². The van der Waals surface area contributed by atoms with Crippen LogP contribution in [0.15, 0.2) is 36.4 Å². The molecule has 0 heterocycles. The van der Waals surface area contributed by atoms with Gasteiger partial charge in [-0.2, -0.15) is 0 Å². The van der Waals surface area contributed by atoms with Crippen LogP contribution in [0, 0.1) is 0 Å². The van der Waals surface area contributed by atoms with E-state index in [-0.39, 0.29) is 23.0 Å². The van der Waals surface area contributed by atoms with Crippen molar-refractivity contribution >= 4 is 0 Å². The SMILES string of the molecule is CCC[C@H](O)c1ccc(O)c(O)c1.CC[C@H](O)c1ccc(O)c(O)c1. The largest absolute Gasteiger partial charge is 0.504 e. The first-order valence-corrected chi connectivity index (χ1v) is 8.19. The Hall–Kier alpha value is -2.44. The Labute approximate surface area is 147 Å². The van der Waals surface area contributed by atoms with Crippen LogP contribution in [0.3, 0.4) is 0 Å². The van der Waals surface area contributed by atoms with Crippen molar-refractivity contribution in [2.45, 2.75) is 45.3 Å². The lowest BCUT2D eigenvalue weighted by Gasteiger charge is -2.09. The second kappa shape index (κ2) is 9.76. The third kappa shape index (κ3) is 6.17. The van der Waals surface area contributed by atoms with E-state index in [0.717, 1.165) is 6.42 Å². The molecular weight excluding hydrogens is 324 g/mol. The number of phenolic OH excluding ortho intramolecular Hbond substituents is 4. The van der Waals surface area contributed by atoms with Crippen molar-refractivity contribution in [3.8, 4) is 23.0 Å². The van der Waals surface area contributed by atoms with Crippen molar-refractivity contribution in [2.24, 2.45) is 0 Å². The minimum Gasteiger partial charge on any atom is -0.504 e. The van der Waals surface area contributed by atoms with Crippen LogP contribution in [0.2, 0.25) is 0 Å². The molecule has 6 N–H and O–H groups in total. The second-order valence-corrected chi connectivity index (χ2v) is 5.72. The summed E-state index contributed by atoms with van der Waals surface area (Å²) in [6.07, 6.45) is 0.991. The molecule has 0 unspecified atom stereocenters. The number of rotatable bonds is 5. The molecule has 0 aliphatic heterocycles. The lowest BCUT2D eigenvalue weighted by atomic mass is 10.0. The fourth-order valence-corrected chi connectivity index (χ4v) is 2.17. The van der Waals surface area contributed by atoms with Gasteiger partial charge in [-0.3, -0.25) is 0 Å². The fraction of sp³-hybridized carbons (Fsp3) is 0.368. The van der Waals surface area contributed by atoms with E-state index in [9.17, 15) is 10.2 Å². The van der Waals surface area contributed by atoms with Gasteiger partial charge in [-0.25, -0.2) is 0 Å². The van der Waals surface area contributed by atoms with Gasteiger partial charge in [0.05, 0.1) is 12.2 Å². The Kier molecular flexibility index (Phi) is 8.04. The van der Waals surface area contributed by atoms with Gasteiger partial charge in [0.15, 0.2) is 23.0 Å². The third-order valence-corrected chi connectivity index (χ3v) is 3.72. The van der Waals surface area contributed by atoms with Gasteiger partial charge >= 0.3 is 0 Å². The highest BCUT2D eigenvalue weighted by atomic mass is 16.3. The Morgan fingerprint density at radius 1 is 0.680 bits per heavy atom. The van der Waals surface area contributed by atoms with Gasteiger partial charge in [0.1, 0.15) is 0 Å². The lowest BCUT2D eigenvalue weighted by molar-refractivity contribution is 0.166. The average molecular weight is 350 g/mol. The summed E-state index contributed by atoms with van der Waals surface area (Å²) < 4.78 is 0. The Balaban J connectivity index is 0.000000251. The number of benzene rings is 2. The number of hydrogen-bond donors (Lipinski definition) is 6. The van der Waals surface area contributed by atoms with E-state index in [1.807, 2.05) is 13.8 Å². The van der Waals surface area contributed by atoms with Crippen LogP contribution in [0.5, 0.6) is 23.0 Å². The molecule has 138 valence electrons. The first-order valence-electron chi connectivity index (χ1n) is 8.19. The zero-order chi connectivity index (χ0) is 19.0. The molecule has 0 saturated carbocycles. The molecule has 0 aliphatic rings. The second-order valence-electron chi connectivity index (χ2n) is 5.72. The summed E-state index contributed by atoms with van der Waals surface area (Å²) in [4.78, 5) is 0. The van der Waals surface area contributed by atoms with Crippen LogP contribution in [0.1, 0.15) is 56.4 Å². The molecule has 25 heavy (non-hydrogen) atoms. The average Bonchev–Trinajstić information content (AvgIpc) is 2.59. The highest BCUT2D eigenvalue weighted by Crippen LogP contribution is 2.29. The summed E-state index contributed by atoms with van der Waals surface area (Å²) >= 11 is 0. The number of phenols is 4. The molecule has 0 bridgehead atoms. The quantitative estimate of drug-likeness (QED) is 0.459. The van der Waals surface area contributed by atoms with Crippen LogP contribution in [-0.4, -0.2) is 30.6 Å². The third-order valence-electron chi connectivity index (χ3n) is 3.72. The van der Waals surface area contributed by atoms with Crippen LogP contribution >= 0.6 is 0 Å². The Morgan fingerprint density at radius 2 is 1.12 bits per heavy atom. The maximum absolute atomic E-state index is 9.54. The Morgan fingerprint density at radius 3 is 1.48 bits per heavy atom. The standard InChI is InChI=1S/C10H14O3.C9H12O3/c1-2-3-8(11)7-4-5-9(12)10(13)6-7;1-2-7(10)6-3-4-8(11)9(12)5-6/h4-6,8,11-13H,2-3H2,1H3;3-5,7,10-12H,2H2,1H3/t8-;7-/m00/s1. The summed E-state index contributed by atoms with van der Waals surface area (Å²) in [5.74, 6) is -0.706. The molecule has 2 atom stereocenters. The predicted octanol–water partition coefficient (Wildman–Crippen LogP) is 3.47. The van der Waals surface area contributed by atoms with E-state index >= 15 is 0 Å². The maximum atomic E-state index is 9.54. The lowest BCUT2D eigenvalue weighted by Crippen LogP contribution is -1.95. The van der Waals surface area contributed by atoms with Crippen LogP contribution in [0.4, 0.5) is 0 Å². The molecule has 2 aromatic carbocycles. The van der Waals surface area contributed by atoms with Gasteiger partial charge in [0.25, 0.3) is 0 Å². The van der Waals surface area contributed by atoms with Crippen LogP contribution in [-0.2, 0) is 0 Å². The van der Waals surface area contributed by atoms with Gasteiger partial charge in [-0.05, 0) is 48.2 Å². The molecule has 0 saturated heterocycles. The van der Waals surface area contributed by atoms with Crippen molar-refractivity contribution in [1.82, 2.24) is 0 Å². The Bertz CT molecular complexity index is 671. The van der Waals surface area contributed by atoms with Gasteiger partial charge in [-0.15, -0.1) is 0 Å². The predicted molar refractivity (Wildman–Crippen MR) is 94.7 cm³/mol. The molecule has 6 nitrogen and oxygen atoms in total. The molecule has 2 rings (SSSR count). The summed E-state index contributed by atoms with van der Waals surface area (Å²) in [7, 11) is 0. The van der Waals surface area contributed by atoms with E-state index in [0.29, 0.717) is 24.0 Å². The number of hydrogen-bond acceptors (Lipinski definition) is 6. The minimum absolute atomic E-state index is 0.160. The fourth-order valence-electron chi connectivity index (χ4n) is 2.17. The normalized spacial score (nSPS) is 12.8. The smallest absolute Gasteiger partial charge is 0.157 e. The zero-order valence-electron chi connectivity index (χ0n) is 14.4. The number of aliphatic hydroxyl groups is 2. The first-order chi connectivity index (χ1) is 11.8. The van der Waals surface area contributed by atoms with Gasteiger partial charge < -0.3 is 30.6 Å². The molecule has 2 aromatic rings. The molecule has 0 aliphatic carbocycles. The monoisotopic (exact) mass is 350 g/mol. The zero-order valence-corrected chi connectivity index (χ0v) is 14.4. The molecule has 0 aromatic heterocycles.